The van der Waals surface area contributed by atoms with Gasteiger partial charge in [0.15, 0.2) is 0 Å². The van der Waals surface area contributed by atoms with Crippen LogP contribution in [0.4, 0.5) is 0 Å². The fraction of sp³-hybridized carbons (Fsp3) is 0.571. The van der Waals surface area contributed by atoms with E-state index in [9.17, 15) is 4.79 Å². The topological polar surface area (TPSA) is 53.2 Å². The van der Waals surface area contributed by atoms with Gasteiger partial charge in [0.2, 0.25) is 0 Å². The quantitative estimate of drug-likeness (QED) is 0.429. The highest BCUT2D eigenvalue weighted by atomic mass is 16.2. The lowest BCUT2D eigenvalue weighted by molar-refractivity contribution is -0.117. The molecule has 2 rings (SSSR count). The van der Waals surface area contributed by atoms with E-state index in [0.717, 1.165) is 30.8 Å². The van der Waals surface area contributed by atoms with E-state index in [4.69, 9.17) is 0 Å². The molecule has 0 aromatic carbocycles. The zero-order chi connectivity index (χ0) is 7.68. The summed E-state index contributed by atoms with van der Waals surface area (Å²) >= 11 is 0. The van der Waals surface area contributed by atoms with Crippen molar-refractivity contribution in [2.45, 2.75) is 12.8 Å². The van der Waals surface area contributed by atoms with Gasteiger partial charge in [-0.25, -0.2) is 0 Å². The van der Waals surface area contributed by atoms with E-state index in [1.165, 1.54) is 0 Å². The molecule has 0 fully saturated rings. The van der Waals surface area contributed by atoms with Crippen LogP contribution in [0.5, 0.6) is 0 Å². The predicted molar refractivity (Wildman–Crippen MR) is 40.4 cm³/mol. The second kappa shape index (κ2) is 2.45. The Bertz CT molecular complexity index is 222. The summed E-state index contributed by atoms with van der Waals surface area (Å²) in [4.78, 5) is 11.2. The Hall–Kier alpha value is -1.19. The number of hydrogen-bond donors (Lipinski definition) is 3. The molecule has 2 heterocycles. The van der Waals surface area contributed by atoms with Crippen LogP contribution in [0.3, 0.4) is 0 Å². The molecule has 0 bridgehead atoms. The van der Waals surface area contributed by atoms with Gasteiger partial charge in [-0.3, -0.25) is 4.79 Å². The summed E-state index contributed by atoms with van der Waals surface area (Å²) < 4.78 is 0. The lowest BCUT2D eigenvalue weighted by atomic mass is 10.2. The van der Waals surface area contributed by atoms with Crippen molar-refractivity contribution >= 4 is 5.91 Å². The minimum atomic E-state index is 0.0301. The molecule has 2 aliphatic heterocycles. The van der Waals surface area contributed by atoms with Crippen molar-refractivity contribution in [1.82, 2.24) is 16.0 Å². The lowest BCUT2D eigenvalue weighted by Gasteiger charge is -2.01. The summed E-state index contributed by atoms with van der Waals surface area (Å²) in [6.45, 7) is 1.48. The number of amides is 1. The Balaban J connectivity index is 2.25. The maximum atomic E-state index is 11.2. The van der Waals surface area contributed by atoms with Crippen LogP contribution in [0.1, 0.15) is 12.8 Å². The molecular formula is C7H11N3O. The third kappa shape index (κ3) is 1.04. The van der Waals surface area contributed by atoms with Gasteiger partial charge in [-0.1, -0.05) is 0 Å². The first-order chi connectivity index (χ1) is 5.38. The molecular weight excluding hydrogens is 142 g/mol. The number of allylic oxidation sites excluding steroid dienone is 1. The summed E-state index contributed by atoms with van der Waals surface area (Å²) in [6, 6.07) is 0. The highest BCUT2D eigenvalue weighted by molar-refractivity contribution is 5.94. The van der Waals surface area contributed by atoms with Crippen LogP contribution >= 0.6 is 0 Å². The SMILES string of the molecule is O=C1NCCCC2=C1NCN2. The minimum absolute atomic E-state index is 0.0301. The first-order valence-electron chi connectivity index (χ1n) is 3.87. The van der Waals surface area contributed by atoms with Crippen LogP contribution in [-0.2, 0) is 4.79 Å². The molecule has 0 saturated carbocycles. The van der Waals surface area contributed by atoms with Crippen molar-refractivity contribution in [3.05, 3.63) is 11.4 Å². The number of carbonyl (C=O) groups excluding carboxylic acids is 1. The zero-order valence-electron chi connectivity index (χ0n) is 6.24. The van der Waals surface area contributed by atoms with Gasteiger partial charge in [0.1, 0.15) is 5.70 Å². The Morgan fingerprint density at radius 2 is 2.09 bits per heavy atom. The van der Waals surface area contributed by atoms with Crippen LogP contribution in [0.2, 0.25) is 0 Å². The largest absolute Gasteiger partial charge is 0.369 e. The minimum Gasteiger partial charge on any atom is -0.369 e. The van der Waals surface area contributed by atoms with Crippen LogP contribution in [0.15, 0.2) is 11.4 Å². The summed E-state index contributed by atoms with van der Waals surface area (Å²) in [6.07, 6.45) is 2.00. The van der Waals surface area contributed by atoms with Crippen LogP contribution < -0.4 is 16.0 Å². The summed E-state index contributed by atoms with van der Waals surface area (Å²) in [5, 5.41) is 8.96. The van der Waals surface area contributed by atoms with Gasteiger partial charge in [0, 0.05) is 12.2 Å². The van der Waals surface area contributed by atoms with E-state index in [1.54, 1.807) is 0 Å². The number of carbonyl (C=O) groups is 1. The van der Waals surface area contributed by atoms with Gasteiger partial charge in [0.25, 0.3) is 5.91 Å². The third-order valence-electron chi connectivity index (χ3n) is 1.98. The van der Waals surface area contributed by atoms with Crippen molar-refractivity contribution in [2.24, 2.45) is 0 Å². The van der Waals surface area contributed by atoms with Gasteiger partial charge in [0.05, 0.1) is 6.67 Å². The van der Waals surface area contributed by atoms with Crippen LogP contribution in [-0.4, -0.2) is 19.1 Å². The Labute approximate surface area is 65.0 Å². The molecule has 0 atom stereocenters. The molecule has 0 aromatic rings. The fourth-order valence-corrected chi connectivity index (χ4v) is 1.42. The molecule has 4 nitrogen and oxygen atoms in total. The Morgan fingerprint density at radius 1 is 1.18 bits per heavy atom. The van der Waals surface area contributed by atoms with Crippen molar-refractivity contribution in [2.75, 3.05) is 13.2 Å². The molecule has 0 aromatic heterocycles. The van der Waals surface area contributed by atoms with Crippen molar-refractivity contribution in [1.29, 1.82) is 0 Å². The second-order valence-electron chi connectivity index (χ2n) is 2.74. The molecule has 0 radical (unpaired) electrons. The van der Waals surface area contributed by atoms with E-state index < -0.39 is 0 Å². The molecule has 11 heavy (non-hydrogen) atoms. The predicted octanol–water partition coefficient (Wildman–Crippen LogP) is -0.742. The Morgan fingerprint density at radius 3 is 3.00 bits per heavy atom. The van der Waals surface area contributed by atoms with Crippen LogP contribution in [0.25, 0.3) is 0 Å². The number of hydrogen-bond acceptors (Lipinski definition) is 3. The van der Waals surface area contributed by atoms with Gasteiger partial charge in [-0.05, 0) is 12.8 Å². The van der Waals surface area contributed by atoms with E-state index in [2.05, 4.69) is 16.0 Å². The maximum Gasteiger partial charge on any atom is 0.269 e. The standard InChI is InChI=1S/C7H11N3O/c11-7-6-5(9-4-10-6)2-1-3-8-7/h9-10H,1-4H2,(H,8,11). The summed E-state index contributed by atoms with van der Waals surface area (Å²) in [7, 11) is 0. The molecule has 1 amide bonds. The lowest BCUT2D eigenvalue weighted by Crippen LogP contribution is -2.30. The molecule has 0 spiro atoms. The van der Waals surface area contributed by atoms with E-state index in [0.29, 0.717) is 6.67 Å². The monoisotopic (exact) mass is 153 g/mol. The molecule has 3 N–H and O–H groups in total. The van der Waals surface area contributed by atoms with E-state index in [-0.39, 0.29) is 5.91 Å². The highest BCUT2D eigenvalue weighted by Crippen LogP contribution is 2.12. The van der Waals surface area contributed by atoms with E-state index >= 15 is 0 Å². The van der Waals surface area contributed by atoms with E-state index in [1.807, 2.05) is 0 Å². The van der Waals surface area contributed by atoms with Crippen molar-refractivity contribution in [3.63, 3.8) is 0 Å². The summed E-state index contributed by atoms with van der Waals surface area (Å²) in [5.74, 6) is 0.0301. The third-order valence-corrected chi connectivity index (χ3v) is 1.98. The van der Waals surface area contributed by atoms with Crippen LogP contribution in [0, 0.1) is 0 Å². The molecule has 0 aliphatic carbocycles. The average molecular weight is 153 g/mol. The van der Waals surface area contributed by atoms with Gasteiger partial charge >= 0.3 is 0 Å². The first-order valence-corrected chi connectivity index (χ1v) is 3.87. The Kier molecular flexibility index (Phi) is 1.45. The van der Waals surface area contributed by atoms with Crippen molar-refractivity contribution < 1.29 is 4.79 Å². The second-order valence-corrected chi connectivity index (χ2v) is 2.74. The van der Waals surface area contributed by atoms with Gasteiger partial charge in [-0.2, -0.15) is 0 Å². The van der Waals surface area contributed by atoms with Gasteiger partial charge in [-0.15, -0.1) is 0 Å². The zero-order valence-corrected chi connectivity index (χ0v) is 6.24. The van der Waals surface area contributed by atoms with Gasteiger partial charge < -0.3 is 16.0 Å². The smallest absolute Gasteiger partial charge is 0.269 e. The number of nitrogens with one attached hydrogen (secondary N) is 3. The fourth-order valence-electron chi connectivity index (χ4n) is 1.42. The number of rotatable bonds is 0. The average Bonchev–Trinajstić information content (AvgIpc) is 2.40. The maximum absolute atomic E-state index is 11.2. The van der Waals surface area contributed by atoms with Crippen molar-refractivity contribution in [3.8, 4) is 0 Å². The molecule has 2 aliphatic rings. The molecule has 0 unspecified atom stereocenters. The molecule has 60 valence electrons. The molecule has 4 heteroatoms. The molecule has 0 saturated heterocycles. The highest BCUT2D eigenvalue weighted by Gasteiger charge is 2.21. The summed E-state index contributed by atoms with van der Waals surface area (Å²) in [5.41, 5.74) is 1.81. The first kappa shape index (κ1) is 6.52. The normalized spacial score (nSPS) is 23.1.